The lowest BCUT2D eigenvalue weighted by molar-refractivity contribution is 0.0965. The minimum atomic E-state index is 0.109. The molecule has 3 nitrogen and oxygen atoms in total. The van der Waals surface area contributed by atoms with Crippen molar-refractivity contribution in [2.75, 3.05) is 26.2 Å². The van der Waals surface area contributed by atoms with E-state index < -0.39 is 0 Å². The van der Waals surface area contributed by atoms with E-state index in [2.05, 4.69) is 4.90 Å². The highest BCUT2D eigenvalue weighted by molar-refractivity contribution is 6.31. The van der Waals surface area contributed by atoms with Gasteiger partial charge in [0.1, 0.15) is 5.75 Å². The molecule has 0 bridgehead atoms. The Kier molecular flexibility index (Phi) is 5.23. The van der Waals surface area contributed by atoms with Crippen LogP contribution >= 0.6 is 11.6 Å². The van der Waals surface area contributed by atoms with Crippen LogP contribution in [-0.2, 0) is 0 Å². The third-order valence-electron chi connectivity index (χ3n) is 3.40. The van der Waals surface area contributed by atoms with Crippen molar-refractivity contribution < 1.29 is 9.53 Å². The molecule has 0 atom stereocenters. The Morgan fingerprint density at radius 3 is 2.79 bits per heavy atom. The van der Waals surface area contributed by atoms with Crippen LogP contribution in [0.25, 0.3) is 0 Å². The number of ether oxygens (including phenoxy) is 1. The second kappa shape index (κ2) is 6.92. The fraction of sp³-hybridized carbons (Fsp3) is 0.533. The molecule has 19 heavy (non-hydrogen) atoms. The fourth-order valence-corrected chi connectivity index (χ4v) is 2.57. The number of hydrogen-bond acceptors (Lipinski definition) is 3. The Bertz CT molecular complexity index is 442. The van der Waals surface area contributed by atoms with E-state index in [1.54, 1.807) is 18.2 Å². The number of Topliss-reactive ketones (excluding diaryl/α,β-unsaturated/α-hetero) is 1. The topological polar surface area (TPSA) is 29.5 Å². The van der Waals surface area contributed by atoms with Gasteiger partial charge in [-0.05, 0) is 51.1 Å². The molecule has 0 aliphatic carbocycles. The molecule has 0 unspecified atom stereocenters. The summed E-state index contributed by atoms with van der Waals surface area (Å²) in [5.74, 6) is 0.746. The second-order valence-corrected chi connectivity index (χ2v) is 5.23. The van der Waals surface area contributed by atoms with Gasteiger partial charge in [0.05, 0.1) is 12.2 Å². The average molecular weight is 282 g/mol. The summed E-state index contributed by atoms with van der Waals surface area (Å²) in [6.07, 6.45) is 3.02. The maximum absolute atomic E-state index is 12.3. The zero-order valence-electron chi connectivity index (χ0n) is 11.3. The third-order valence-corrected chi connectivity index (χ3v) is 3.63. The van der Waals surface area contributed by atoms with Gasteiger partial charge in [-0.2, -0.15) is 0 Å². The molecule has 0 N–H and O–H groups in total. The van der Waals surface area contributed by atoms with Crippen molar-refractivity contribution in [3.63, 3.8) is 0 Å². The highest BCUT2D eigenvalue weighted by Crippen LogP contribution is 2.24. The maximum Gasteiger partial charge on any atom is 0.167 e. The lowest BCUT2D eigenvalue weighted by Crippen LogP contribution is -2.22. The van der Waals surface area contributed by atoms with Gasteiger partial charge in [-0.3, -0.25) is 4.79 Å². The predicted octanol–water partition coefficient (Wildman–Crippen LogP) is 3.41. The maximum atomic E-state index is 12.3. The fourth-order valence-electron chi connectivity index (χ4n) is 2.40. The van der Waals surface area contributed by atoms with Gasteiger partial charge >= 0.3 is 0 Å². The van der Waals surface area contributed by atoms with Crippen LogP contribution in [0, 0.1) is 0 Å². The van der Waals surface area contributed by atoms with Crippen LogP contribution in [0.15, 0.2) is 18.2 Å². The molecule has 0 saturated carbocycles. The normalized spacial score (nSPS) is 15.7. The highest BCUT2D eigenvalue weighted by Gasteiger charge is 2.16. The van der Waals surface area contributed by atoms with E-state index >= 15 is 0 Å². The van der Waals surface area contributed by atoms with Crippen LogP contribution in [0.4, 0.5) is 0 Å². The van der Waals surface area contributed by atoms with Crippen LogP contribution in [0.1, 0.15) is 36.5 Å². The molecule has 1 saturated heterocycles. The zero-order chi connectivity index (χ0) is 13.7. The van der Waals surface area contributed by atoms with E-state index in [1.807, 2.05) is 6.92 Å². The molecule has 1 aliphatic heterocycles. The lowest BCUT2D eigenvalue weighted by Gasteiger charge is -2.14. The Hall–Kier alpha value is -1.06. The van der Waals surface area contributed by atoms with E-state index in [4.69, 9.17) is 16.3 Å². The van der Waals surface area contributed by atoms with Crippen LogP contribution in [0.3, 0.4) is 0 Å². The van der Waals surface area contributed by atoms with Gasteiger partial charge in [-0.25, -0.2) is 0 Å². The van der Waals surface area contributed by atoms with Crippen LogP contribution < -0.4 is 4.74 Å². The van der Waals surface area contributed by atoms with Crippen LogP contribution in [-0.4, -0.2) is 36.9 Å². The van der Waals surface area contributed by atoms with E-state index in [0.717, 1.165) is 19.6 Å². The average Bonchev–Trinajstić information content (AvgIpc) is 2.91. The number of rotatable bonds is 6. The van der Waals surface area contributed by atoms with Crippen molar-refractivity contribution in [1.82, 2.24) is 4.90 Å². The van der Waals surface area contributed by atoms with Crippen molar-refractivity contribution in [3.05, 3.63) is 28.8 Å². The van der Waals surface area contributed by atoms with E-state index in [0.29, 0.717) is 29.4 Å². The first-order valence-electron chi connectivity index (χ1n) is 6.88. The van der Waals surface area contributed by atoms with Crippen LogP contribution in [0.2, 0.25) is 5.02 Å². The Morgan fingerprint density at radius 2 is 2.11 bits per heavy atom. The first-order chi connectivity index (χ1) is 9.20. The van der Waals surface area contributed by atoms with Gasteiger partial charge in [0.15, 0.2) is 5.78 Å². The van der Waals surface area contributed by atoms with Gasteiger partial charge in [0, 0.05) is 18.0 Å². The minimum Gasteiger partial charge on any atom is -0.493 e. The van der Waals surface area contributed by atoms with E-state index in [1.165, 1.54) is 12.8 Å². The number of carbonyl (C=O) groups excluding carboxylic acids is 1. The van der Waals surface area contributed by atoms with Gasteiger partial charge in [-0.1, -0.05) is 11.6 Å². The SMILES string of the molecule is CCOc1ccc(Cl)cc1C(=O)CCN1CCCC1. The van der Waals surface area contributed by atoms with Gasteiger partial charge in [-0.15, -0.1) is 0 Å². The number of hydrogen-bond donors (Lipinski definition) is 0. The third kappa shape index (κ3) is 3.95. The Balaban J connectivity index is 2.02. The number of benzene rings is 1. The molecule has 104 valence electrons. The smallest absolute Gasteiger partial charge is 0.167 e. The summed E-state index contributed by atoms with van der Waals surface area (Å²) in [6, 6.07) is 5.23. The van der Waals surface area contributed by atoms with E-state index in [9.17, 15) is 4.79 Å². The summed E-state index contributed by atoms with van der Waals surface area (Å²) < 4.78 is 5.49. The molecule has 0 amide bonds. The molecule has 1 aromatic carbocycles. The van der Waals surface area contributed by atoms with Crippen LogP contribution in [0.5, 0.6) is 5.75 Å². The molecule has 0 radical (unpaired) electrons. The van der Waals surface area contributed by atoms with E-state index in [-0.39, 0.29) is 5.78 Å². The molecule has 1 heterocycles. The molecule has 2 rings (SSSR count). The minimum absolute atomic E-state index is 0.109. The van der Waals surface area contributed by atoms with Crippen molar-refractivity contribution in [1.29, 1.82) is 0 Å². The largest absolute Gasteiger partial charge is 0.493 e. The van der Waals surface area contributed by atoms with Crippen molar-refractivity contribution in [3.8, 4) is 5.75 Å². The summed E-state index contributed by atoms with van der Waals surface area (Å²) >= 11 is 5.97. The van der Waals surface area contributed by atoms with Gasteiger partial charge in [0.2, 0.25) is 0 Å². The molecular weight excluding hydrogens is 262 g/mol. The van der Waals surface area contributed by atoms with Gasteiger partial charge < -0.3 is 9.64 Å². The highest BCUT2D eigenvalue weighted by atomic mass is 35.5. The van der Waals surface area contributed by atoms with Crippen molar-refractivity contribution >= 4 is 17.4 Å². The summed E-state index contributed by atoms with van der Waals surface area (Å²) in [4.78, 5) is 14.6. The molecule has 1 aromatic rings. The summed E-state index contributed by atoms with van der Waals surface area (Å²) in [6.45, 7) is 5.51. The molecule has 0 spiro atoms. The summed E-state index contributed by atoms with van der Waals surface area (Å²) in [7, 11) is 0. The number of likely N-dealkylation sites (tertiary alicyclic amines) is 1. The van der Waals surface area contributed by atoms with Gasteiger partial charge in [0.25, 0.3) is 0 Å². The second-order valence-electron chi connectivity index (χ2n) is 4.80. The number of halogens is 1. The first-order valence-corrected chi connectivity index (χ1v) is 7.26. The molecule has 1 fully saturated rings. The summed E-state index contributed by atoms with van der Waals surface area (Å²) in [5.41, 5.74) is 0.605. The molecule has 1 aliphatic rings. The first kappa shape index (κ1) is 14.4. The molecule has 0 aromatic heterocycles. The monoisotopic (exact) mass is 281 g/mol. The van der Waals surface area contributed by atoms with Crippen molar-refractivity contribution in [2.24, 2.45) is 0 Å². The molecular formula is C15H20ClNO2. The quantitative estimate of drug-likeness (QED) is 0.749. The number of carbonyl (C=O) groups is 1. The Morgan fingerprint density at radius 1 is 1.37 bits per heavy atom. The van der Waals surface area contributed by atoms with Crippen molar-refractivity contribution in [2.45, 2.75) is 26.2 Å². The number of nitrogens with zero attached hydrogens (tertiary/aromatic N) is 1. The zero-order valence-corrected chi connectivity index (χ0v) is 12.1. The summed E-state index contributed by atoms with van der Waals surface area (Å²) in [5, 5.41) is 0.577. The predicted molar refractivity (Wildman–Crippen MR) is 77.2 cm³/mol. The lowest BCUT2D eigenvalue weighted by atomic mass is 10.1. The number of ketones is 1. The standard InChI is InChI=1S/C15H20ClNO2/c1-2-19-15-6-5-12(16)11-13(15)14(18)7-10-17-8-3-4-9-17/h5-6,11H,2-4,7-10H2,1H3. The Labute approximate surface area is 119 Å². The molecule has 4 heteroatoms.